The number of Topliss-reactive ketones (excluding diaryl/α,β-unsaturated/α-hetero) is 1. The van der Waals surface area contributed by atoms with E-state index in [2.05, 4.69) is 4.74 Å². The summed E-state index contributed by atoms with van der Waals surface area (Å²) in [6.07, 6.45) is -4.45. The van der Waals surface area contributed by atoms with E-state index in [1.807, 2.05) is 0 Å². The average Bonchev–Trinajstić information content (AvgIpc) is 2.29. The van der Waals surface area contributed by atoms with Gasteiger partial charge in [0, 0.05) is 12.8 Å². The van der Waals surface area contributed by atoms with Gasteiger partial charge in [-0.15, -0.1) is 0 Å². The third kappa shape index (κ3) is 6.27. The molecule has 0 spiro atoms. The van der Waals surface area contributed by atoms with Gasteiger partial charge >= 0.3 is 6.18 Å². The standard InChI is InChI=1S/C12H11Cl2F3O2/c13-10-3-1-2-8(11(10)14)6-9(18)4-5-19-7-12(15,16)17/h1-3H,4-7H2. The van der Waals surface area contributed by atoms with Crippen LogP contribution in [0.5, 0.6) is 0 Å². The lowest BCUT2D eigenvalue weighted by Gasteiger charge is -2.08. The van der Waals surface area contributed by atoms with E-state index in [4.69, 9.17) is 23.2 Å². The molecule has 1 aromatic rings. The van der Waals surface area contributed by atoms with E-state index < -0.39 is 12.8 Å². The number of ether oxygens (including phenoxy) is 1. The quantitative estimate of drug-likeness (QED) is 0.740. The Labute approximate surface area is 118 Å². The molecule has 0 fully saturated rings. The third-order valence-electron chi connectivity index (χ3n) is 2.21. The fraction of sp³-hybridized carbons (Fsp3) is 0.417. The van der Waals surface area contributed by atoms with E-state index in [0.29, 0.717) is 10.6 Å². The molecule has 0 heterocycles. The van der Waals surface area contributed by atoms with Crippen LogP contribution in [0.15, 0.2) is 18.2 Å². The van der Waals surface area contributed by atoms with Crippen molar-refractivity contribution in [2.75, 3.05) is 13.2 Å². The van der Waals surface area contributed by atoms with Crippen LogP contribution < -0.4 is 0 Å². The van der Waals surface area contributed by atoms with Gasteiger partial charge in [-0.25, -0.2) is 0 Å². The molecule has 0 aliphatic carbocycles. The van der Waals surface area contributed by atoms with Crippen molar-refractivity contribution in [3.05, 3.63) is 33.8 Å². The number of benzene rings is 1. The van der Waals surface area contributed by atoms with Crippen molar-refractivity contribution >= 4 is 29.0 Å². The number of rotatable bonds is 6. The van der Waals surface area contributed by atoms with Gasteiger partial charge in [0.15, 0.2) is 0 Å². The van der Waals surface area contributed by atoms with E-state index in [1.165, 1.54) is 0 Å². The van der Waals surface area contributed by atoms with Gasteiger partial charge in [0.05, 0.1) is 16.7 Å². The molecule has 0 N–H and O–H groups in total. The Morgan fingerprint density at radius 2 is 1.95 bits per heavy atom. The molecule has 1 rings (SSSR count). The van der Waals surface area contributed by atoms with Crippen LogP contribution in [-0.4, -0.2) is 25.2 Å². The fourth-order valence-electron chi connectivity index (χ4n) is 1.36. The zero-order valence-electron chi connectivity index (χ0n) is 9.77. The highest BCUT2D eigenvalue weighted by Gasteiger charge is 2.27. The Morgan fingerprint density at radius 3 is 2.58 bits per heavy atom. The van der Waals surface area contributed by atoms with Crippen LogP contribution in [0, 0.1) is 0 Å². The SMILES string of the molecule is O=C(CCOCC(F)(F)F)Cc1cccc(Cl)c1Cl. The molecule has 0 unspecified atom stereocenters. The summed E-state index contributed by atoms with van der Waals surface area (Å²) in [5, 5.41) is 0.619. The third-order valence-corrected chi connectivity index (χ3v) is 3.07. The molecule has 0 radical (unpaired) electrons. The van der Waals surface area contributed by atoms with Crippen LogP contribution in [0.2, 0.25) is 10.0 Å². The Morgan fingerprint density at radius 1 is 1.26 bits per heavy atom. The molecule has 7 heteroatoms. The van der Waals surface area contributed by atoms with Gasteiger partial charge in [-0.05, 0) is 11.6 Å². The number of halogens is 5. The van der Waals surface area contributed by atoms with Gasteiger partial charge in [-0.1, -0.05) is 35.3 Å². The maximum Gasteiger partial charge on any atom is 0.411 e. The molecular formula is C12H11Cl2F3O2. The molecule has 0 atom stereocenters. The summed E-state index contributed by atoms with van der Waals surface area (Å²) in [5.41, 5.74) is 0.551. The highest BCUT2D eigenvalue weighted by Crippen LogP contribution is 2.26. The number of carbonyl (C=O) groups excluding carboxylic acids is 1. The number of alkyl halides is 3. The summed E-state index contributed by atoms with van der Waals surface area (Å²) < 4.78 is 39.7. The lowest BCUT2D eigenvalue weighted by molar-refractivity contribution is -0.174. The average molecular weight is 315 g/mol. The molecule has 2 nitrogen and oxygen atoms in total. The molecular weight excluding hydrogens is 304 g/mol. The minimum Gasteiger partial charge on any atom is -0.372 e. The predicted molar refractivity (Wildman–Crippen MR) is 66.7 cm³/mol. The van der Waals surface area contributed by atoms with Gasteiger partial charge in [-0.3, -0.25) is 4.79 Å². The summed E-state index contributed by atoms with van der Waals surface area (Å²) in [6.45, 7) is -1.62. The van der Waals surface area contributed by atoms with Crippen molar-refractivity contribution in [3.63, 3.8) is 0 Å². The van der Waals surface area contributed by atoms with Gasteiger partial charge < -0.3 is 4.74 Å². The van der Waals surface area contributed by atoms with Gasteiger partial charge in [-0.2, -0.15) is 13.2 Å². The molecule has 0 amide bonds. The smallest absolute Gasteiger partial charge is 0.372 e. The Bertz CT molecular complexity index is 447. The van der Waals surface area contributed by atoms with Crippen LogP contribution in [0.4, 0.5) is 13.2 Å². The Kier molecular flexibility index (Phi) is 6.10. The Hall–Kier alpha value is -0.780. The van der Waals surface area contributed by atoms with Crippen LogP contribution in [0.3, 0.4) is 0 Å². The molecule has 0 aliphatic heterocycles. The molecule has 19 heavy (non-hydrogen) atoms. The fourth-order valence-corrected chi connectivity index (χ4v) is 1.75. The zero-order valence-corrected chi connectivity index (χ0v) is 11.3. The van der Waals surface area contributed by atoms with Crippen LogP contribution in [-0.2, 0) is 16.0 Å². The minimum absolute atomic E-state index is 0.0226. The van der Waals surface area contributed by atoms with Gasteiger partial charge in [0.2, 0.25) is 0 Å². The highest BCUT2D eigenvalue weighted by molar-refractivity contribution is 6.42. The van der Waals surface area contributed by atoms with E-state index in [-0.39, 0.29) is 30.3 Å². The first-order chi connectivity index (χ1) is 8.79. The van der Waals surface area contributed by atoms with E-state index in [1.54, 1.807) is 18.2 Å². The first kappa shape index (κ1) is 16.3. The number of carbonyl (C=O) groups is 1. The van der Waals surface area contributed by atoms with Crippen LogP contribution in [0.1, 0.15) is 12.0 Å². The second-order valence-electron chi connectivity index (χ2n) is 3.85. The number of ketones is 1. The lowest BCUT2D eigenvalue weighted by Crippen LogP contribution is -2.18. The highest BCUT2D eigenvalue weighted by atomic mass is 35.5. The van der Waals surface area contributed by atoms with Gasteiger partial charge in [0.25, 0.3) is 0 Å². The van der Waals surface area contributed by atoms with Crippen molar-refractivity contribution in [2.45, 2.75) is 19.0 Å². The first-order valence-electron chi connectivity index (χ1n) is 5.38. The Balaban J connectivity index is 2.38. The van der Waals surface area contributed by atoms with Crippen LogP contribution in [0.25, 0.3) is 0 Å². The summed E-state index contributed by atoms with van der Waals surface area (Å²) >= 11 is 11.7. The molecule has 1 aromatic carbocycles. The molecule has 0 aromatic heterocycles. The number of hydrogen-bond acceptors (Lipinski definition) is 2. The summed E-state index contributed by atoms with van der Waals surface area (Å²) in [4.78, 5) is 11.5. The van der Waals surface area contributed by atoms with Crippen molar-refractivity contribution < 1.29 is 22.7 Å². The van der Waals surface area contributed by atoms with E-state index in [9.17, 15) is 18.0 Å². The molecule has 0 aliphatic rings. The largest absolute Gasteiger partial charge is 0.411 e. The topological polar surface area (TPSA) is 26.3 Å². The number of hydrogen-bond donors (Lipinski definition) is 0. The summed E-state index contributed by atoms with van der Waals surface area (Å²) in [6, 6.07) is 4.88. The zero-order chi connectivity index (χ0) is 14.5. The normalized spacial score (nSPS) is 11.6. The molecule has 0 bridgehead atoms. The second-order valence-corrected chi connectivity index (χ2v) is 4.63. The van der Waals surface area contributed by atoms with E-state index in [0.717, 1.165) is 0 Å². The van der Waals surface area contributed by atoms with Crippen molar-refractivity contribution in [2.24, 2.45) is 0 Å². The van der Waals surface area contributed by atoms with Crippen LogP contribution >= 0.6 is 23.2 Å². The lowest BCUT2D eigenvalue weighted by atomic mass is 10.1. The van der Waals surface area contributed by atoms with E-state index >= 15 is 0 Å². The van der Waals surface area contributed by atoms with Crippen molar-refractivity contribution in [3.8, 4) is 0 Å². The molecule has 0 saturated carbocycles. The maximum absolute atomic E-state index is 11.8. The van der Waals surface area contributed by atoms with Gasteiger partial charge in [0.1, 0.15) is 12.4 Å². The second kappa shape index (κ2) is 7.12. The molecule has 106 valence electrons. The van der Waals surface area contributed by atoms with Crippen molar-refractivity contribution in [1.82, 2.24) is 0 Å². The van der Waals surface area contributed by atoms with Crippen molar-refractivity contribution in [1.29, 1.82) is 0 Å². The predicted octanol–water partition coefficient (Wildman–Crippen LogP) is 4.07. The maximum atomic E-state index is 11.8. The summed E-state index contributed by atoms with van der Waals surface area (Å²) in [7, 11) is 0. The first-order valence-corrected chi connectivity index (χ1v) is 6.14. The minimum atomic E-state index is -4.38. The summed E-state index contributed by atoms with van der Waals surface area (Å²) in [5.74, 6) is -0.258. The molecule has 0 saturated heterocycles. The monoisotopic (exact) mass is 314 g/mol.